The fourth-order valence-corrected chi connectivity index (χ4v) is 6.00. The first-order valence-electron chi connectivity index (χ1n) is 10.3. The highest BCUT2D eigenvalue weighted by atomic mass is 16.5. The van der Waals surface area contributed by atoms with E-state index >= 15 is 0 Å². The summed E-state index contributed by atoms with van der Waals surface area (Å²) in [4.78, 5) is 24.8. The van der Waals surface area contributed by atoms with Crippen molar-refractivity contribution in [3.63, 3.8) is 0 Å². The van der Waals surface area contributed by atoms with Crippen LogP contribution in [0.1, 0.15) is 44.1 Å². The molecular weight excluding hydrogens is 356 g/mol. The molecule has 4 aliphatic rings. The monoisotopic (exact) mass is 386 g/mol. The molecule has 152 valence electrons. The zero-order valence-electron chi connectivity index (χ0n) is 16.8. The van der Waals surface area contributed by atoms with Crippen molar-refractivity contribution in [2.24, 2.45) is 17.8 Å². The molecule has 0 spiro atoms. The van der Waals surface area contributed by atoms with Gasteiger partial charge in [0.1, 0.15) is 0 Å². The molecule has 2 amide bonds. The lowest BCUT2D eigenvalue weighted by Gasteiger charge is -2.56. The lowest BCUT2D eigenvalue weighted by Crippen LogP contribution is -2.61. The molecule has 5 rings (SSSR count). The number of nitrogens with one attached hydrogen (secondary N) is 2. The standard InChI is InChI=1S/C22H30N2O4/c1-27-18-4-3-14(10-19(18)28-2)5-6-23-20(25)21(26)24-22-11-15-7-16(12-22)9-17(8-15)13-22/h3-4,10,15-17H,5-9,11-13H2,1-2H3,(H,23,25)(H,24,26). The molecule has 1 aromatic carbocycles. The van der Waals surface area contributed by atoms with Crippen molar-refractivity contribution in [2.75, 3.05) is 20.8 Å². The summed E-state index contributed by atoms with van der Waals surface area (Å²) in [5.74, 6) is 2.53. The van der Waals surface area contributed by atoms with E-state index < -0.39 is 11.8 Å². The van der Waals surface area contributed by atoms with Gasteiger partial charge in [0, 0.05) is 12.1 Å². The molecule has 0 heterocycles. The molecule has 0 aliphatic heterocycles. The molecular formula is C22H30N2O4. The quantitative estimate of drug-likeness (QED) is 0.737. The molecule has 4 aliphatic carbocycles. The van der Waals surface area contributed by atoms with E-state index in [1.165, 1.54) is 19.3 Å². The Balaban J connectivity index is 1.28. The fourth-order valence-electron chi connectivity index (χ4n) is 6.00. The van der Waals surface area contributed by atoms with Crippen molar-refractivity contribution >= 4 is 11.8 Å². The van der Waals surface area contributed by atoms with Crippen molar-refractivity contribution in [3.8, 4) is 11.5 Å². The van der Waals surface area contributed by atoms with Crippen LogP contribution in [-0.4, -0.2) is 38.1 Å². The smallest absolute Gasteiger partial charge is 0.309 e. The molecule has 0 aromatic heterocycles. The molecule has 0 radical (unpaired) electrons. The lowest BCUT2D eigenvalue weighted by molar-refractivity contribution is -0.142. The van der Waals surface area contributed by atoms with Gasteiger partial charge in [-0.2, -0.15) is 0 Å². The van der Waals surface area contributed by atoms with Crippen LogP contribution < -0.4 is 20.1 Å². The molecule has 28 heavy (non-hydrogen) atoms. The molecule has 2 N–H and O–H groups in total. The highest BCUT2D eigenvalue weighted by Gasteiger charge is 2.51. The average Bonchev–Trinajstić information content (AvgIpc) is 2.66. The number of hydrogen-bond acceptors (Lipinski definition) is 4. The normalized spacial score (nSPS) is 30.0. The molecule has 4 saturated carbocycles. The molecule has 0 saturated heterocycles. The van der Waals surface area contributed by atoms with Gasteiger partial charge in [0.05, 0.1) is 14.2 Å². The zero-order chi connectivity index (χ0) is 19.7. The highest BCUT2D eigenvalue weighted by Crippen LogP contribution is 2.55. The molecule has 4 fully saturated rings. The van der Waals surface area contributed by atoms with E-state index in [1.54, 1.807) is 14.2 Å². The van der Waals surface area contributed by atoms with Crippen LogP contribution in [0.25, 0.3) is 0 Å². The Morgan fingerprint density at radius 2 is 1.57 bits per heavy atom. The summed E-state index contributed by atoms with van der Waals surface area (Å²) in [6.07, 6.45) is 7.69. The Kier molecular flexibility index (Phi) is 5.21. The minimum Gasteiger partial charge on any atom is -0.493 e. The maximum atomic E-state index is 12.5. The summed E-state index contributed by atoms with van der Waals surface area (Å²) in [6, 6.07) is 5.67. The minimum atomic E-state index is -0.531. The third-order valence-electron chi connectivity index (χ3n) is 6.77. The van der Waals surface area contributed by atoms with Gasteiger partial charge < -0.3 is 20.1 Å². The Bertz CT molecular complexity index is 726. The van der Waals surface area contributed by atoms with Crippen LogP contribution in [0.15, 0.2) is 18.2 Å². The van der Waals surface area contributed by atoms with Crippen LogP contribution in [0.5, 0.6) is 11.5 Å². The van der Waals surface area contributed by atoms with Gasteiger partial charge in [0.2, 0.25) is 0 Å². The fraction of sp³-hybridized carbons (Fsp3) is 0.636. The van der Waals surface area contributed by atoms with Crippen molar-refractivity contribution in [1.29, 1.82) is 0 Å². The van der Waals surface area contributed by atoms with Gasteiger partial charge in [-0.3, -0.25) is 9.59 Å². The van der Waals surface area contributed by atoms with Crippen LogP contribution in [0.3, 0.4) is 0 Å². The van der Waals surface area contributed by atoms with Crippen molar-refractivity contribution in [3.05, 3.63) is 23.8 Å². The predicted octanol–water partition coefficient (Wildman–Crippen LogP) is 2.45. The molecule has 0 atom stereocenters. The number of carbonyl (C=O) groups excluding carboxylic acids is 2. The van der Waals surface area contributed by atoms with E-state index in [1.807, 2.05) is 18.2 Å². The Hall–Kier alpha value is -2.24. The predicted molar refractivity (Wildman–Crippen MR) is 105 cm³/mol. The number of amides is 2. The topological polar surface area (TPSA) is 76.7 Å². The summed E-state index contributed by atoms with van der Waals surface area (Å²) < 4.78 is 10.5. The summed E-state index contributed by atoms with van der Waals surface area (Å²) in [7, 11) is 3.19. The maximum absolute atomic E-state index is 12.5. The van der Waals surface area contributed by atoms with Crippen molar-refractivity contribution in [1.82, 2.24) is 10.6 Å². The van der Waals surface area contributed by atoms with E-state index in [2.05, 4.69) is 10.6 Å². The molecule has 6 heteroatoms. The van der Waals surface area contributed by atoms with E-state index in [9.17, 15) is 9.59 Å². The van der Waals surface area contributed by atoms with Gasteiger partial charge in [-0.15, -0.1) is 0 Å². The van der Waals surface area contributed by atoms with Crippen LogP contribution in [0.2, 0.25) is 0 Å². The van der Waals surface area contributed by atoms with E-state index in [0.29, 0.717) is 24.5 Å². The molecule has 4 bridgehead atoms. The molecule has 0 unspecified atom stereocenters. The first-order chi connectivity index (χ1) is 13.5. The Morgan fingerprint density at radius 3 is 2.14 bits per heavy atom. The molecule has 6 nitrogen and oxygen atoms in total. The first-order valence-corrected chi connectivity index (χ1v) is 10.3. The van der Waals surface area contributed by atoms with Gasteiger partial charge in [0.15, 0.2) is 11.5 Å². The van der Waals surface area contributed by atoms with Crippen LogP contribution in [0.4, 0.5) is 0 Å². The largest absolute Gasteiger partial charge is 0.493 e. The molecule has 1 aromatic rings. The zero-order valence-corrected chi connectivity index (χ0v) is 16.8. The summed E-state index contributed by atoms with van der Waals surface area (Å²) in [5.41, 5.74) is 0.881. The maximum Gasteiger partial charge on any atom is 0.309 e. The number of ether oxygens (including phenoxy) is 2. The van der Waals surface area contributed by atoms with Crippen LogP contribution in [-0.2, 0) is 16.0 Å². The van der Waals surface area contributed by atoms with Gasteiger partial charge in [-0.1, -0.05) is 6.07 Å². The van der Waals surface area contributed by atoms with E-state index in [4.69, 9.17) is 9.47 Å². The SMILES string of the molecule is COc1ccc(CCNC(=O)C(=O)NC23CC4CC(CC(C4)C2)C3)cc1OC. The Morgan fingerprint density at radius 1 is 0.964 bits per heavy atom. The third-order valence-corrected chi connectivity index (χ3v) is 6.77. The van der Waals surface area contributed by atoms with Crippen LogP contribution >= 0.6 is 0 Å². The summed E-state index contributed by atoms with van der Waals surface area (Å²) in [5, 5.41) is 5.88. The summed E-state index contributed by atoms with van der Waals surface area (Å²) in [6.45, 7) is 0.405. The lowest BCUT2D eigenvalue weighted by atomic mass is 9.53. The number of carbonyl (C=O) groups is 2. The third kappa shape index (κ3) is 3.82. The number of rotatable bonds is 6. The van der Waals surface area contributed by atoms with Crippen molar-refractivity contribution in [2.45, 2.75) is 50.5 Å². The second kappa shape index (κ2) is 7.64. The summed E-state index contributed by atoms with van der Waals surface area (Å²) >= 11 is 0. The minimum absolute atomic E-state index is 0.132. The van der Waals surface area contributed by atoms with Gasteiger partial charge in [0.25, 0.3) is 0 Å². The van der Waals surface area contributed by atoms with Gasteiger partial charge >= 0.3 is 11.8 Å². The number of hydrogen-bond donors (Lipinski definition) is 2. The second-order valence-electron chi connectivity index (χ2n) is 8.85. The second-order valence-corrected chi connectivity index (χ2v) is 8.85. The van der Waals surface area contributed by atoms with Gasteiger partial charge in [-0.25, -0.2) is 0 Å². The van der Waals surface area contributed by atoms with Crippen LogP contribution in [0, 0.1) is 17.8 Å². The number of benzene rings is 1. The van der Waals surface area contributed by atoms with E-state index in [0.717, 1.165) is 42.6 Å². The average molecular weight is 386 g/mol. The first kappa shape index (κ1) is 19.1. The number of methoxy groups -OCH3 is 2. The van der Waals surface area contributed by atoms with Crippen molar-refractivity contribution < 1.29 is 19.1 Å². The highest BCUT2D eigenvalue weighted by molar-refractivity contribution is 6.35. The Labute approximate surface area is 166 Å². The van der Waals surface area contributed by atoms with Gasteiger partial charge in [-0.05, 0) is 80.4 Å². The van der Waals surface area contributed by atoms with E-state index in [-0.39, 0.29) is 5.54 Å².